The Balaban J connectivity index is 1.67. The fourth-order valence-electron chi connectivity index (χ4n) is 3.81. The van der Waals surface area contributed by atoms with Crippen molar-refractivity contribution in [2.24, 2.45) is 0 Å². The van der Waals surface area contributed by atoms with E-state index in [1.807, 2.05) is 24.3 Å². The molecule has 0 radical (unpaired) electrons. The second-order valence-corrected chi connectivity index (χ2v) is 7.73. The summed E-state index contributed by atoms with van der Waals surface area (Å²) >= 11 is 3.60. The van der Waals surface area contributed by atoms with Crippen LogP contribution in [0.1, 0.15) is 0 Å². The third-order valence-corrected chi connectivity index (χ3v) is 5.69. The lowest BCUT2D eigenvalue weighted by Gasteiger charge is -2.24. The second-order valence-electron chi connectivity index (χ2n) is 6.81. The lowest BCUT2D eigenvalue weighted by Crippen LogP contribution is -3.14. The van der Waals surface area contributed by atoms with E-state index in [-0.39, 0.29) is 0 Å². The first-order valence-corrected chi connectivity index (χ1v) is 9.84. The molecule has 0 bridgehead atoms. The molecule has 0 unspecified atom stereocenters. The molecule has 3 heterocycles. The first-order chi connectivity index (χ1) is 12.8. The molecule has 0 amide bonds. The predicted molar refractivity (Wildman–Crippen MR) is 107 cm³/mol. The van der Waals surface area contributed by atoms with Gasteiger partial charge in [-0.2, -0.15) is 0 Å². The van der Waals surface area contributed by atoms with Crippen molar-refractivity contribution in [3.05, 3.63) is 46.9 Å². The molecule has 0 spiro atoms. The van der Waals surface area contributed by atoms with E-state index in [0.29, 0.717) is 0 Å². The van der Waals surface area contributed by atoms with E-state index in [4.69, 9.17) is 14.7 Å². The maximum Gasteiger partial charge on any atom is 0.160 e. The van der Waals surface area contributed by atoms with Gasteiger partial charge in [0, 0.05) is 9.86 Å². The average molecular weight is 412 g/mol. The van der Waals surface area contributed by atoms with Crippen molar-refractivity contribution < 1.29 is 9.64 Å². The fraction of sp³-hybridized carbons (Fsp3) is 0.300. The van der Waals surface area contributed by atoms with Crippen LogP contribution in [0.25, 0.3) is 33.1 Å². The maximum absolute atomic E-state index is 5.48. The SMILES string of the molecule is Brc1ccc2c(c1)c1nc3ccccc3nc1n2CC[NH+]1CCOCC1. The Morgan fingerprint density at radius 2 is 1.81 bits per heavy atom. The molecule has 1 saturated heterocycles. The topological polar surface area (TPSA) is 44.4 Å². The lowest BCUT2D eigenvalue weighted by atomic mass is 10.2. The number of hydrogen-bond acceptors (Lipinski definition) is 3. The monoisotopic (exact) mass is 411 g/mol. The molecular formula is C20H20BrN4O+. The molecule has 0 saturated carbocycles. The number of halogens is 1. The molecule has 5 rings (SSSR count). The number of ether oxygens (including phenoxy) is 1. The van der Waals surface area contributed by atoms with Crippen molar-refractivity contribution in [3.63, 3.8) is 0 Å². The van der Waals surface area contributed by atoms with E-state index in [1.54, 1.807) is 4.90 Å². The van der Waals surface area contributed by atoms with Crippen LogP contribution >= 0.6 is 15.9 Å². The van der Waals surface area contributed by atoms with Gasteiger partial charge >= 0.3 is 0 Å². The highest BCUT2D eigenvalue weighted by Gasteiger charge is 2.18. The molecular weight excluding hydrogens is 392 g/mol. The van der Waals surface area contributed by atoms with Crippen LogP contribution in [0.5, 0.6) is 0 Å². The minimum absolute atomic E-state index is 0.861. The Kier molecular flexibility index (Phi) is 4.11. The standard InChI is InChI=1S/C20H19BrN4O/c21-14-5-6-18-15(13-14)19-20(23-17-4-2-1-3-16(17)22-19)25(18)8-7-24-9-11-26-12-10-24/h1-6,13H,7-12H2/p+1. The number of hydrogen-bond donors (Lipinski definition) is 1. The van der Waals surface area contributed by atoms with Crippen LogP contribution in [0.15, 0.2) is 46.9 Å². The van der Waals surface area contributed by atoms with Gasteiger partial charge < -0.3 is 14.2 Å². The van der Waals surface area contributed by atoms with Crippen molar-refractivity contribution in [1.29, 1.82) is 0 Å². The molecule has 2 aromatic heterocycles. The van der Waals surface area contributed by atoms with Gasteiger partial charge in [0.05, 0.1) is 42.9 Å². The Hall–Kier alpha value is -2.02. The van der Waals surface area contributed by atoms with Crippen LogP contribution in [-0.2, 0) is 11.3 Å². The van der Waals surface area contributed by atoms with Gasteiger partial charge in [-0.15, -0.1) is 0 Å². The molecule has 1 fully saturated rings. The highest BCUT2D eigenvalue weighted by Crippen LogP contribution is 2.30. The summed E-state index contributed by atoms with van der Waals surface area (Å²) < 4.78 is 8.88. The normalized spacial score (nSPS) is 16.0. The molecule has 1 aliphatic heterocycles. The van der Waals surface area contributed by atoms with Crippen molar-refractivity contribution >= 4 is 49.0 Å². The third-order valence-electron chi connectivity index (χ3n) is 5.20. The predicted octanol–water partition coefficient (Wildman–Crippen LogP) is 2.42. The number of para-hydroxylation sites is 2. The Morgan fingerprint density at radius 1 is 1.04 bits per heavy atom. The Bertz CT molecular complexity index is 1100. The highest BCUT2D eigenvalue weighted by molar-refractivity contribution is 9.10. The maximum atomic E-state index is 5.48. The van der Waals surface area contributed by atoms with Crippen molar-refractivity contribution in [3.8, 4) is 0 Å². The van der Waals surface area contributed by atoms with Gasteiger partial charge in [0.2, 0.25) is 0 Å². The summed E-state index contributed by atoms with van der Waals surface area (Å²) in [7, 11) is 0. The summed E-state index contributed by atoms with van der Waals surface area (Å²) in [5.41, 5.74) is 5.05. The molecule has 1 N–H and O–H groups in total. The summed E-state index contributed by atoms with van der Waals surface area (Å²) in [6.45, 7) is 5.89. The van der Waals surface area contributed by atoms with Gasteiger partial charge in [-0.3, -0.25) is 0 Å². The van der Waals surface area contributed by atoms with Crippen molar-refractivity contribution in [1.82, 2.24) is 14.5 Å². The van der Waals surface area contributed by atoms with Crippen LogP contribution in [0.3, 0.4) is 0 Å². The number of rotatable bonds is 3. The van der Waals surface area contributed by atoms with Crippen LogP contribution in [-0.4, -0.2) is 47.4 Å². The lowest BCUT2D eigenvalue weighted by molar-refractivity contribution is -0.908. The summed E-state index contributed by atoms with van der Waals surface area (Å²) in [6, 6.07) is 14.5. The van der Waals surface area contributed by atoms with E-state index in [1.165, 1.54) is 5.52 Å². The quantitative estimate of drug-likeness (QED) is 0.562. The number of quaternary nitrogens is 1. The van der Waals surface area contributed by atoms with Gasteiger partial charge in [-0.05, 0) is 30.3 Å². The summed E-state index contributed by atoms with van der Waals surface area (Å²) in [5.74, 6) is 0. The van der Waals surface area contributed by atoms with Crippen molar-refractivity contribution in [2.45, 2.75) is 6.54 Å². The Labute approximate surface area is 159 Å². The van der Waals surface area contributed by atoms with Crippen LogP contribution in [0.4, 0.5) is 0 Å². The summed E-state index contributed by atoms with van der Waals surface area (Å²) in [5, 5.41) is 1.16. The molecule has 1 aliphatic rings. The zero-order chi connectivity index (χ0) is 17.5. The minimum atomic E-state index is 0.861. The van der Waals surface area contributed by atoms with E-state index >= 15 is 0 Å². The van der Waals surface area contributed by atoms with Gasteiger partial charge in [-0.1, -0.05) is 28.1 Å². The molecule has 26 heavy (non-hydrogen) atoms. The largest absolute Gasteiger partial charge is 0.370 e. The van der Waals surface area contributed by atoms with E-state index in [2.05, 4.69) is 38.7 Å². The molecule has 0 aliphatic carbocycles. The number of nitrogens with zero attached hydrogens (tertiary/aromatic N) is 3. The zero-order valence-electron chi connectivity index (χ0n) is 14.4. The van der Waals surface area contributed by atoms with Crippen molar-refractivity contribution in [2.75, 3.05) is 32.8 Å². The molecule has 4 aromatic rings. The number of morpholine rings is 1. The second kappa shape index (κ2) is 6.61. The van der Waals surface area contributed by atoms with Crippen LogP contribution < -0.4 is 4.90 Å². The minimum Gasteiger partial charge on any atom is -0.370 e. The fourth-order valence-corrected chi connectivity index (χ4v) is 4.17. The van der Waals surface area contributed by atoms with Gasteiger partial charge in [0.1, 0.15) is 18.6 Å². The van der Waals surface area contributed by atoms with E-state index < -0.39 is 0 Å². The van der Waals surface area contributed by atoms with Gasteiger partial charge in [0.25, 0.3) is 0 Å². The smallest absolute Gasteiger partial charge is 0.160 e. The van der Waals surface area contributed by atoms with E-state index in [9.17, 15) is 0 Å². The molecule has 6 heteroatoms. The van der Waals surface area contributed by atoms with E-state index in [0.717, 1.165) is 71.4 Å². The summed E-state index contributed by atoms with van der Waals surface area (Å²) in [4.78, 5) is 11.5. The van der Waals surface area contributed by atoms with Crippen LogP contribution in [0, 0.1) is 0 Å². The highest BCUT2D eigenvalue weighted by atomic mass is 79.9. The number of fused-ring (bicyclic) bond motifs is 4. The van der Waals surface area contributed by atoms with Crippen LogP contribution in [0.2, 0.25) is 0 Å². The van der Waals surface area contributed by atoms with Gasteiger partial charge in [-0.25, -0.2) is 9.97 Å². The van der Waals surface area contributed by atoms with Gasteiger partial charge in [0.15, 0.2) is 5.65 Å². The first kappa shape index (κ1) is 16.2. The number of nitrogens with one attached hydrogen (secondary N) is 1. The summed E-state index contributed by atoms with van der Waals surface area (Å²) in [6.07, 6.45) is 0. The Morgan fingerprint density at radius 3 is 2.62 bits per heavy atom. The molecule has 2 aromatic carbocycles. The molecule has 132 valence electrons. The third kappa shape index (κ3) is 2.78. The average Bonchev–Trinajstić information content (AvgIpc) is 2.97. The number of aromatic nitrogens is 3. The molecule has 0 atom stereocenters. The zero-order valence-corrected chi connectivity index (χ0v) is 16.0. The molecule has 5 nitrogen and oxygen atoms in total. The number of benzene rings is 2. The first-order valence-electron chi connectivity index (χ1n) is 9.05.